The van der Waals surface area contributed by atoms with Crippen molar-refractivity contribution in [3.63, 3.8) is 0 Å². The van der Waals surface area contributed by atoms with Gasteiger partial charge in [0.1, 0.15) is 0 Å². The zero-order chi connectivity index (χ0) is 9.80. The molecular formula is C13H16O. The fourth-order valence-corrected chi connectivity index (χ4v) is 2.11. The lowest BCUT2D eigenvalue weighted by Crippen LogP contribution is -2.01. The molecule has 0 atom stereocenters. The van der Waals surface area contributed by atoms with E-state index in [1.165, 1.54) is 29.5 Å². The van der Waals surface area contributed by atoms with Crippen LogP contribution in [0.4, 0.5) is 0 Å². The quantitative estimate of drug-likeness (QED) is 0.756. The van der Waals surface area contributed by atoms with E-state index in [4.69, 9.17) is 5.11 Å². The molecule has 1 aromatic rings. The van der Waals surface area contributed by atoms with Crippen molar-refractivity contribution < 1.29 is 5.11 Å². The fourth-order valence-electron chi connectivity index (χ4n) is 2.11. The number of fused-ring (bicyclic) bond motifs is 1. The third kappa shape index (κ3) is 1.88. The van der Waals surface area contributed by atoms with Crippen LogP contribution in [0.15, 0.2) is 30.3 Å². The molecule has 1 nitrogen and oxygen atoms in total. The van der Waals surface area contributed by atoms with Gasteiger partial charge in [0.05, 0.1) is 0 Å². The molecule has 1 heteroatoms. The molecule has 1 aliphatic rings. The Morgan fingerprint density at radius 3 is 2.93 bits per heavy atom. The smallest absolute Gasteiger partial charge is 0.0465 e. The third-order valence-electron chi connectivity index (χ3n) is 2.78. The van der Waals surface area contributed by atoms with Crippen LogP contribution in [-0.4, -0.2) is 11.7 Å². The second kappa shape index (κ2) is 4.43. The van der Waals surface area contributed by atoms with E-state index in [9.17, 15) is 0 Å². The Morgan fingerprint density at radius 1 is 1.21 bits per heavy atom. The molecule has 1 N–H and O–H groups in total. The molecule has 0 amide bonds. The van der Waals surface area contributed by atoms with Gasteiger partial charge in [0, 0.05) is 6.61 Å². The Morgan fingerprint density at radius 2 is 2.07 bits per heavy atom. The van der Waals surface area contributed by atoms with E-state index < -0.39 is 0 Å². The van der Waals surface area contributed by atoms with Crippen molar-refractivity contribution in [2.45, 2.75) is 25.7 Å². The Labute approximate surface area is 85.1 Å². The molecule has 0 radical (unpaired) electrons. The molecule has 0 saturated carbocycles. The molecule has 2 rings (SSSR count). The van der Waals surface area contributed by atoms with Gasteiger partial charge in [-0.15, -0.1) is 0 Å². The van der Waals surface area contributed by atoms with Crippen LogP contribution >= 0.6 is 0 Å². The highest BCUT2D eigenvalue weighted by molar-refractivity contribution is 5.69. The zero-order valence-electron chi connectivity index (χ0n) is 8.37. The maximum Gasteiger partial charge on any atom is 0.0465 e. The van der Waals surface area contributed by atoms with Gasteiger partial charge in [0.15, 0.2) is 0 Å². The molecule has 0 aromatic heterocycles. The van der Waals surface area contributed by atoms with Gasteiger partial charge in [-0.1, -0.05) is 30.3 Å². The summed E-state index contributed by atoms with van der Waals surface area (Å²) in [4.78, 5) is 0. The molecule has 1 aromatic carbocycles. The molecule has 74 valence electrons. The van der Waals surface area contributed by atoms with Gasteiger partial charge in [-0.05, 0) is 42.4 Å². The highest BCUT2D eigenvalue weighted by Crippen LogP contribution is 2.30. The molecule has 0 saturated heterocycles. The highest BCUT2D eigenvalue weighted by atomic mass is 16.2. The van der Waals surface area contributed by atoms with Gasteiger partial charge < -0.3 is 5.11 Å². The lowest BCUT2D eigenvalue weighted by molar-refractivity contribution is 0.302. The molecule has 1 aliphatic carbocycles. The minimum absolute atomic E-state index is 0.256. The number of allylic oxidation sites excluding steroid dienone is 1. The monoisotopic (exact) mass is 188 g/mol. The van der Waals surface area contributed by atoms with Crippen molar-refractivity contribution in [2.24, 2.45) is 0 Å². The largest absolute Gasteiger partial charge is 0.396 e. The van der Waals surface area contributed by atoms with E-state index in [2.05, 4.69) is 30.3 Å². The van der Waals surface area contributed by atoms with Crippen molar-refractivity contribution in [2.75, 3.05) is 6.61 Å². The molecule has 0 unspecified atom stereocenters. The number of hydrogen-bond acceptors (Lipinski definition) is 1. The topological polar surface area (TPSA) is 20.2 Å². The summed E-state index contributed by atoms with van der Waals surface area (Å²) in [6.45, 7) is 0.256. The van der Waals surface area contributed by atoms with Crippen molar-refractivity contribution in [3.8, 4) is 0 Å². The zero-order valence-corrected chi connectivity index (χ0v) is 8.37. The van der Waals surface area contributed by atoms with E-state index in [0.29, 0.717) is 0 Å². The first kappa shape index (κ1) is 9.47. The predicted octanol–water partition coefficient (Wildman–Crippen LogP) is 2.79. The molecular weight excluding hydrogens is 172 g/mol. The van der Waals surface area contributed by atoms with Crippen LogP contribution in [0.1, 0.15) is 30.4 Å². The maximum absolute atomic E-state index is 8.80. The van der Waals surface area contributed by atoms with Gasteiger partial charge in [0.2, 0.25) is 0 Å². The fraction of sp³-hybridized carbons (Fsp3) is 0.385. The minimum Gasteiger partial charge on any atom is -0.396 e. The predicted molar refractivity (Wildman–Crippen MR) is 59.1 cm³/mol. The summed E-state index contributed by atoms with van der Waals surface area (Å²) in [6, 6.07) is 8.60. The van der Waals surface area contributed by atoms with Gasteiger partial charge >= 0.3 is 0 Å². The lowest BCUT2D eigenvalue weighted by atomic mass is 9.87. The van der Waals surface area contributed by atoms with E-state index in [-0.39, 0.29) is 6.61 Å². The van der Waals surface area contributed by atoms with E-state index >= 15 is 0 Å². The number of aliphatic hydroxyl groups is 1. The van der Waals surface area contributed by atoms with Crippen LogP contribution in [-0.2, 0) is 6.42 Å². The number of hydrogen-bond donors (Lipinski definition) is 1. The van der Waals surface area contributed by atoms with Gasteiger partial charge in [0.25, 0.3) is 0 Å². The van der Waals surface area contributed by atoms with Crippen LogP contribution in [0.5, 0.6) is 0 Å². The Kier molecular flexibility index (Phi) is 3.00. The summed E-state index contributed by atoms with van der Waals surface area (Å²) in [5.74, 6) is 0. The lowest BCUT2D eigenvalue weighted by Gasteiger charge is -2.18. The number of benzene rings is 1. The summed E-state index contributed by atoms with van der Waals surface area (Å²) in [5, 5.41) is 8.80. The third-order valence-corrected chi connectivity index (χ3v) is 2.78. The van der Waals surface area contributed by atoms with Gasteiger partial charge in [-0.2, -0.15) is 0 Å². The summed E-state index contributed by atoms with van der Waals surface area (Å²) in [5.41, 5.74) is 4.27. The van der Waals surface area contributed by atoms with Crippen molar-refractivity contribution in [1.82, 2.24) is 0 Å². The van der Waals surface area contributed by atoms with Gasteiger partial charge in [-0.3, -0.25) is 0 Å². The highest BCUT2D eigenvalue weighted by Gasteiger charge is 2.12. The van der Waals surface area contributed by atoms with E-state index in [1.807, 2.05) is 0 Å². The van der Waals surface area contributed by atoms with Crippen molar-refractivity contribution in [1.29, 1.82) is 0 Å². The first-order valence-corrected chi connectivity index (χ1v) is 5.30. The van der Waals surface area contributed by atoms with Crippen LogP contribution in [0.2, 0.25) is 0 Å². The van der Waals surface area contributed by atoms with Crippen LogP contribution < -0.4 is 0 Å². The Hall–Kier alpha value is -1.08. The number of aryl methyl sites for hydroxylation is 1. The first-order chi connectivity index (χ1) is 6.92. The Balaban J connectivity index is 2.31. The SMILES string of the molecule is OCC/C=C1\CCCc2ccccc21. The Bertz CT molecular complexity index is 339. The number of rotatable bonds is 2. The van der Waals surface area contributed by atoms with Crippen LogP contribution in [0.25, 0.3) is 5.57 Å². The molecule has 0 aliphatic heterocycles. The molecule has 0 spiro atoms. The molecule has 0 bridgehead atoms. The molecule has 0 fully saturated rings. The first-order valence-electron chi connectivity index (χ1n) is 5.30. The summed E-state index contributed by atoms with van der Waals surface area (Å²) in [7, 11) is 0. The summed E-state index contributed by atoms with van der Waals surface area (Å²) < 4.78 is 0. The van der Waals surface area contributed by atoms with Crippen LogP contribution in [0.3, 0.4) is 0 Å². The van der Waals surface area contributed by atoms with Crippen LogP contribution in [0, 0.1) is 0 Å². The summed E-state index contributed by atoms with van der Waals surface area (Å²) in [6.07, 6.45) is 6.57. The standard InChI is InChI=1S/C13H16O/c14-10-4-8-12-7-3-6-11-5-1-2-9-13(11)12/h1-2,5,8-9,14H,3-4,6-7,10H2/b12-8+. The number of aliphatic hydroxyl groups excluding tert-OH is 1. The van der Waals surface area contributed by atoms with Crippen molar-refractivity contribution >= 4 is 5.57 Å². The average Bonchev–Trinajstić information content (AvgIpc) is 2.26. The minimum atomic E-state index is 0.256. The van der Waals surface area contributed by atoms with E-state index in [1.54, 1.807) is 0 Å². The van der Waals surface area contributed by atoms with E-state index in [0.717, 1.165) is 12.8 Å². The normalized spacial score (nSPS) is 18.2. The van der Waals surface area contributed by atoms with Crippen molar-refractivity contribution in [3.05, 3.63) is 41.5 Å². The molecule has 0 heterocycles. The van der Waals surface area contributed by atoms with Gasteiger partial charge in [-0.25, -0.2) is 0 Å². The maximum atomic E-state index is 8.80. The molecule has 14 heavy (non-hydrogen) atoms. The average molecular weight is 188 g/mol. The second-order valence-electron chi connectivity index (χ2n) is 3.75. The second-order valence-corrected chi connectivity index (χ2v) is 3.75. The summed E-state index contributed by atoms with van der Waals surface area (Å²) >= 11 is 0.